The number of fused-ring (bicyclic) bond motifs is 2. The molecule has 6 nitrogen and oxygen atoms in total. The lowest BCUT2D eigenvalue weighted by Crippen LogP contribution is -2.51. The van der Waals surface area contributed by atoms with Crippen molar-refractivity contribution in [2.75, 3.05) is 13.1 Å². The Labute approximate surface area is 143 Å². The van der Waals surface area contributed by atoms with Gasteiger partial charge in [0.1, 0.15) is 12.7 Å². The SMILES string of the molecule is NC1C2CCCC1CC(C(=O)N1CCCC(Cn3cncn3)C1)C2. The van der Waals surface area contributed by atoms with Gasteiger partial charge in [0.25, 0.3) is 0 Å². The summed E-state index contributed by atoms with van der Waals surface area (Å²) in [5.41, 5.74) is 6.38. The Kier molecular flexibility index (Phi) is 4.57. The van der Waals surface area contributed by atoms with Crippen LogP contribution in [-0.2, 0) is 11.3 Å². The summed E-state index contributed by atoms with van der Waals surface area (Å²) in [6, 6.07) is 0.337. The van der Waals surface area contributed by atoms with Crippen molar-refractivity contribution in [2.24, 2.45) is 29.4 Å². The van der Waals surface area contributed by atoms with Crippen LogP contribution in [0.5, 0.6) is 0 Å². The third-order valence-electron chi connectivity index (χ3n) is 6.50. The summed E-state index contributed by atoms with van der Waals surface area (Å²) in [7, 11) is 0. The van der Waals surface area contributed by atoms with Crippen LogP contribution in [0.1, 0.15) is 44.9 Å². The van der Waals surface area contributed by atoms with Gasteiger partial charge in [-0.3, -0.25) is 9.48 Å². The Hall–Kier alpha value is -1.43. The highest BCUT2D eigenvalue weighted by atomic mass is 16.2. The van der Waals surface area contributed by atoms with Crippen LogP contribution < -0.4 is 5.73 Å². The number of nitrogens with zero attached hydrogens (tertiary/aromatic N) is 4. The highest BCUT2D eigenvalue weighted by molar-refractivity contribution is 5.79. The standard InChI is InChI=1S/C18H29N5O/c19-17-14-4-1-5-15(17)8-16(7-14)18(24)22-6-2-3-13(9-22)10-23-12-20-11-21-23/h11-17H,1-10,19H2. The lowest BCUT2D eigenvalue weighted by molar-refractivity contribution is -0.140. The Morgan fingerprint density at radius 3 is 2.67 bits per heavy atom. The van der Waals surface area contributed by atoms with Crippen LogP contribution in [0.25, 0.3) is 0 Å². The van der Waals surface area contributed by atoms with E-state index in [1.807, 2.05) is 4.68 Å². The van der Waals surface area contributed by atoms with Crippen LogP contribution in [0.2, 0.25) is 0 Å². The van der Waals surface area contributed by atoms with Crippen molar-refractivity contribution in [3.8, 4) is 0 Å². The molecule has 0 radical (unpaired) electrons. The third-order valence-corrected chi connectivity index (χ3v) is 6.50. The second kappa shape index (κ2) is 6.82. The predicted octanol–water partition coefficient (Wildman–Crippen LogP) is 1.67. The summed E-state index contributed by atoms with van der Waals surface area (Å²) in [5, 5.41) is 4.21. The fourth-order valence-electron chi connectivity index (χ4n) is 5.25. The number of nitrogens with two attached hydrogens (primary N) is 1. The van der Waals surface area contributed by atoms with Crippen LogP contribution in [0.15, 0.2) is 12.7 Å². The van der Waals surface area contributed by atoms with Crippen LogP contribution in [-0.4, -0.2) is 44.7 Å². The fourth-order valence-corrected chi connectivity index (χ4v) is 5.25. The zero-order valence-corrected chi connectivity index (χ0v) is 14.4. The first kappa shape index (κ1) is 16.1. The summed E-state index contributed by atoms with van der Waals surface area (Å²) in [4.78, 5) is 19.2. The van der Waals surface area contributed by atoms with Crippen molar-refractivity contribution in [1.29, 1.82) is 0 Å². The number of hydrogen-bond donors (Lipinski definition) is 1. The number of rotatable bonds is 3. The number of aromatic nitrogens is 3. The second-order valence-corrected chi connectivity index (χ2v) is 8.11. The van der Waals surface area contributed by atoms with E-state index < -0.39 is 0 Å². The van der Waals surface area contributed by atoms with Crippen molar-refractivity contribution in [2.45, 2.75) is 57.5 Å². The number of likely N-dealkylation sites (tertiary alicyclic amines) is 1. The quantitative estimate of drug-likeness (QED) is 0.914. The van der Waals surface area contributed by atoms with Gasteiger partial charge >= 0.3 is 0 Å². The molecule has 6 heteroatoms. The monoisotopic (exact) mass is 331 g/mol. The first-order valence-corrected chi connectivity index (χ1v) is 9.57. The summed E-state index contributed by atoms with van der Waals surface area (Å²) in [6.45, 7) is 2.66. The van der Waals surface area contributed by atoms with Gasteiger partial charge in [-0.2, -0.15) is 5.10 Å². The molecule has 4 rings (SSSR count). The minimum Gasteiger partial charge on any atom is -0.342 e. The molecule has 1 aromatic rings. The molecule has 2 bridgehead atoms. The predicted molar refractivity (Wildman–Crippen MR) is 90.9 cm³/mol. The lowest BCUT2D eigenvalue weighted by Gasteiger charge is -2.45. The topological polar surface area (TPSA) is 77.0 Å². The zero-order valence-electron chi connectivity index (χ0n) is 14.4. The van der Waals surface area contributed by atoms with E-state index in [4.69, 9.17) is 5.73 Å². The molecule has 3 unspecified atom stereocenters. The molecular weight excluding hydrogens is 302 g/mol. The summed E-state index contributed by atoms with van der Waals surface area (Å²) in [5.74, 6) is 2.24. The zero-order chi connectivity index (χ0) is 16.5. The van der Waals surface area contributed by atoms with E-state index in [0.717, 1.165) is 38.9 Å². The van der Waals surface area contributed by atoms with E-state index >= 15 is 0 Å². The van der Waals surface area contributed by atoms with Gasteiger partial charge in [0.2, 0.25) is 5.91 Å². The molecular formula is C18H29N5O. The van der Waals surface area contributed by atoms with Gasteiger partial charge in [0, 0.05) is 31.6 Å². The number of piperidine rings is 1. The summed E-state index contributed by atoms with van der Waals surface area (Å²) < 4.78 is 1.89. The van der Waals surface area contributed by atoms with Crippen molar-refractivity contribution in [3.63, 3.8) is 0 Å². The van der Waals surface area contributed by atoms with Crippen molar-refractivity contribution in [1.82, 2.24) is 19.7 Å². The highest BCUT2D eigenvalue weighted by Gasteiger charge is 2.42. The molecule has 0 spiro atoms. The number of carbonyl (C=O) groups excluding carboxylic acids is 1. The molecule has 1 aromatic heterocycles. The highest BCUT2D eigenvalue weighted by Crippen LogP contribution is 2.42. The van der Waals surface area contributed by atoms with Crippen molar-refractivity contribution < 1.29 is 4.79 Å². The molecule has 2 saturated carbocycles. The minimum atomic E-state index is 0.213. The largest absolute Gasteiger partial charge is 0.342 e. The number of amides is 1. The van der Waals surface area contributed by atoms with E-state index in [1.54, 1.807) is 12.7 Å². The van der Waals surface area contributed by atoms with E-state index in [2.05, 4.69) is 15.0 Å². The van der Waals surface area contributed by atoms with Gasteiger partial charge in [-0.15, -0.1) is 0 Å². The van der Waals surface area contributed by atoms with E-state index in [1.165, 1.54) is 25.7 Å². The second-order valence-electron chi connectivity index (χ2n) is 8.11. The van der Waals surface area contributed by atoms with E-state index in [-0.39, 0.29) is 5.92 Å². The summed E-state index contributed by atoms with van der Waals surface area (Å²) in [6.07, 6.45) is 11.4. The van der Waals surface area contributed by atoms with Crippen LogP contribution in [0.3, 0.4) is 0 Å². The molecule has 3 fully saturated rings. The van der Waals surface area contributed by atoms with Crippen molar-refractivity contribution >= 4 is 5.91 Å². The van der Waals surface area contributed by atoms with Gasteiger partial charge in [0.05, 0.1) is 0 Å². The van der Waals surface area contributed by atoms with Crippen LogP contribution in [0, 0.1) is 23.7 Å². The maximum Gasteiger partial charge on any atom is 0.225 e. The lowest BCUT2D eigenvalue weighted by atomic mass is 9.65. The molecule has 1 saturated heterocycles. The Bertz CT molecular complexity index is 546. The molecule has 2 aliphatic carbocycles. The molecule has 132 valence electrons. The van der Waals surface area contributed by atoms with Crippen LogP contribution in [0.4, 0.5) is 0 Å². The van der Waals surface area contributed by atoms with E-state index in [9.17, 15) is 4.79 Å². The molecule has 1 amide bonds. The molecule has 0 aromatic carbocycles. The molecule has 3 atom stereocenters. The van der Waals surface area contributed by atoms with Gasteiger partial charge in [-0.1, -0.05) is 6.42 Å². The molecule has 24 heavy (non-hydrogen) atoms. The molecule has 3 aliphatic rings. The fraction of sp³-hybridized carbons (Fsp3) is 0.833. The molecule has 2 heterocycles. The minimum absolute atomic E-state index is 0.213. The first-order valence-electron chi connectivity index (χ1n) is 9.57. The maximum atomic E-state index is 13.1. The normalized spacial score (nSPS) is 36.5. The number of hydrogen-bond acceptors (Lipinski definition) is 4. The first-order chi connectivity index (χ1) is 11.7. The number of carbonyl (C=O) groups is 1. The maximum absolute atomic E-state index is 13.1. The van der Waals surface area contributed by atoms with Gasteiger partial charge < -0.3 is 10.6 Å². The average molecular weight is 331 g/mol. The van der Waals surface area contributed by atoms with Gasteiger partial charge in [-0.25, -0.2) is 4.98 Å². The third kappa shape index (κ3) is 3.21. The molecule has 2 N–H and O–H groups in total. The average Bonchev–Trinajstić information content (AvgIpc) is 3.07. The van der Waals surface area contributed by atoms with Gasteiger partial charge in [0.15, 0.2) is 0 Å². The van der Waals surface area contributed by atoms with Crippen LogP contribution >= 0.6 is 0 Å². The smallest absolute Gasteiger partial charge is 0.225 e. The summed E-state index contributed by atoms with van der Waals surface area (Å²) >= 11 is 0. The Morgan fingerprint density at radius 1 is 1.17 bits per heavy atom. The Balaban J connectivity index is 1.37. The van der Waals surface area contributed by atoms with E-state index in [0.29, 0.717) is 29.7 Å². The molecule has 1 aliphatic heterocycles. The van der Waals surface area contributed by atoms with Crippen molar-refractivity contribution in [3.05, 3.63) is 12.7 Å². The Morgan fingerprint density at radius 2 is 1.96 bits per heavy atom. The van der Waals surface area contributed by atoms with Gasteiger partial charge in [-0.05, 0) is 56.3 Å².